The lowest BCUT2D eigenvalue weighted by molar-refractivity contribution is -0.137. The summed E-state index contributed by atoms with van der Waals surface area (Å²) in [5, 5.41) is 10.5. The van der Waals surface area contributed by atoms with Gasteiger partial charge < -0.3 is 14.7 Å². The average Bonchev–Trinajstić information content (AvgIpc) is 2.43. The molecule has 110 valence electrons. The number of aryl methyl sites for hydroxylation is 1. The van der Waals surface area contributed by atoms with Crippen LogP contribution in [0.2, 0.25) is 5.02 Å². The first-order chi connectivity index (χ1) is 9.47. The smallest absolute Gasteiger partial charge is 0.260 e. The Hall–Kier alpha value is -1.26. The summed E-state index contributed by atoms with van der Waals surface area (Å²) in [7, 11) is 0. The van der Waals surface area contributed by atoms with Crippen LogP contribution in [0.15, 0.2) is 18.2 Å². The maximum Gasteiger partial charge on any atom is 0.260 e. The van der Waals surface area contributed by atoms with Gasteiger partial charge in [-0.15, -0.1) is 0 Å². The van der Waals surface area contributed by atoms with E-state index in [1.54, 1.807) is 17.0 Å². The SMILES string of the molecule is Cc1cc(OCC(=O)N2CCC(C)C(O)C2)ccc1Cl. The number of carbonyl (C=O) groups is 1. The fourth-order valence-corrected chi connectivity index (χ4v) is 2.34. The van der Waals surface area contributed by atoms with Crippen LogP contribution in [0.25, 0.3) is 0 Å². The van der Waals surface area contributed by atoms with Crippen molar-refractivity contribution >= 4 is 17.5 Å². The highest BCUT2D eigenvalue weighted by molar-refractivity contribution is 6.31. The Balaban J connectivity index is 1.87. The number of aliphatic hydroxyl groups excluding tert-OH is 1. The van der Waals surface area contributed by atoms with Crippen LogP contribution in [0.5, 0.6) is 5.75 Å². The van der Waals surface area contributed by atoms with Crippen molar-refractivity contribution in [2.75, 3.05) is 19.7 Å². The fraction of sp³-hybridized carbons (Fsp3) is 0.533. The zero-order valence-corrected chi connectivity index (χ0v) is 12.6. The second-order valence-electron chi connectivity index (χ2n) is 5.37. The Kier molecular flexibility index (Phi) is 4.89. The number of β-amino-alcohol motifs (C(OH)–C–C–N with tert-alkyl or cyclic N) is 1. The minimum absolute atomic E-state index is 0.0117. The lowest BCUT2D eigenvalue weighted by Crippen LogP contribution is -2.47. The van der Waals surface area contributed by atoms with Crippen molar-refractivity contribution in [3.05, 3.63) is 28.8 Å². The van der Waals surface area contributed by atoms with Crippen LogP contribution in [-0.2, 0) is 4.79 Å². The van der Waals surface area contributed by atoms with Gasteiger partial charge >= 0.3 is 0 Å². The number of hydrogen-bond donors (Lipinski definition) is 1. The van der Waals surface area contributed by atoms with Crippen LogP contribution >= 0.6 is 11.6 Å². The summed E-state index contributed by atoms with van der Waals surface area (Å²) in [6, 6.07) is 5.31. The van der Waals surface area contributed by atoms with E-state index in [9.17, 15) is 9.90 Å². The first-order valence-electron chi connectivity index (χ1n) is 6.82. The molecule has 1 N–H and O–H groups in total. The highest BCUT2D eigenvalue weighted by Crippen LogP contribution is 2.21. The van der Waals surface area contributed by atoms with E-state index >= 15 is 0 Å². The second kappa shape index (κ2) is 6.46. The van der Waals surface area contributed by atoms with Gasteiger partial charge in [0.25, 0.3) is 5.91 Å². The molecule has 1 aliphatic rings. The van der Waals surface area contributed by atoms with Crippen molar-refractivity contribution in [3.8, 4) is 5.75 Å². The number of ether oxygens (including phenoxy) is 1. The molecule has 1 fully saturated rings. The van der Waals surface area contributed by atoms with Gasteiger partial charge in [0.05, 0.1) is 6.10 Å². The predicted molar refractivity (Wildman–Crippen MR) is 78.1 cm³/mol. The molecule has 2 rings (SSSR count). The number of rotatable bonds is 3. The number of hydrogen-bond acceptors (Lipinski definition) is 3. The van der Waals surface area contributed by atoms with Crippen molar-refractivity contribution in [2.45, 2.75) is 26.4 Å². The molecule has 1 amide bonds. The van der Waals surface area contributed by atoms with Crippen LogP contribution in [0.4, 0.5) is 0 Å². The van der Waals surface area contributed by atoms with Crippen molar-refractivity contribution in [1.82, 2.24) is 4.90 Å². The third kappa shape index (κ3) is 3.64. The first-order valence-corrected chi connectivity index (χ1v) is 7.20. The fourth-order valence-electron chi connectivity index (χ4n) is 2.22. The number of halogens is 1. The van der Waals surface area contributed by atoms with Gasteiger partial charge in [0.2, 0.25) is 0 Å². The van der Waals surface area contributed by atoms with E-state index in [0.717, 1.165) is 12.0 Å². The van der Waals surface area contributed by atoms with Gasteiger partial charge in [-0.1, -0.05) is 18.5 Å². The Morgan fingerprint density at radius 2 is 2.30 bits per heavy atom. The summed E-state index contributed by atoms with van der Waals surface area (Å²) in [5.41, 5.74) is 0.916. The molecule has 2 unspecified atom stereocenters. The topological polar surface area (TPSA) is 49.8 Å². The maximum atomic E-state index is 12.0. The average molecular weight is 298 g/mol. The molecule has 4 nitrogen and oxygen atoms in total. The molecule has 0 spiro atoms. The maximum absolute atomic E-state index is 12.0. The Bertz CT molecular complexity index is 492. The van der Waals surface area contributed by atoms with E-state index in [1.165, 1.54) is 0 Å². The van der Waals surface area contributed by atoms with E-state index in [0.29, 0.717) is 23.9 Å². The summed E-state index contributed by atoms with van der Waals surface area (Å²) >= 11 is 5.94. The van der Waals surface area contributed by atoms with Gasteiger partial charge in [0, 0.05) is 18.1 Å². The largest absolute Gasteiger partial charge is 0.484 e. The molecule has 1 aliphatic heterocycles. The highest BCUT2D eigenvalue weighted by Gasteiger charge is 2.27. The number of amides is 1. The van der Waals surface area contributed by atoms with Crippen molar-refractivity contribution < 1.29 is 14.6 Å². The van der Waals surface area contributed by atoms with Crippen LogP contribution in [0.1, 0.15) is 18.9 Å². The zero-order chi connectivity index (χ0) is 14.7. The quantitative estimate of drug-likeness (QED) is 0.931. The number of aliphatic hydroxyl groups is 1. The zero-order valence-electron chi connectivity index (χ0n) is 11.8. The lowest BCUT2D eigenvalue weighted by Gasteiger charge is -2.34. The van der Waals surface area contributed by atoms with Crippen LogP contribution < -0.4 is 4.74 Å². The van der Waals surface area contributed by atoms with Crippen molar-refractivity contribution in [2.24, 2.45) is 5.92 Å². The van der Waals surface area contributed by atoms with Crippen LogP contribution in [-0.4, -0.2) is 41.7 Å². The Morgan fingerprint density at radius 1 is 1.55 bits per heavy atom. The lowest BCUT2D eigenvalue weighted by atomic mass is 9.96. The van der Waals surface area contributed by atoms with E-state index < -0.39 is 6.10 Å². The standard InChI is InChI=1S/C15H20ClNO3/c1-10-5-6-17(8-14(10)18)15(19)9-20-12-3-4-13(16)11(2)7-12/h3-4,7,10,14,18H,5-6,8-9H2,1-2H3. The summed E-state index contributed by atoms with van der Waals surface area (Å²) in [5.74, 6) is 0.786. The summed E-state index contributed by atoms with van der Waals surface area (Å²) in [6.07, 6.45) is 0.387. The summed E-state index contributed by atoms with van der Waals surface area (Å²) < 4.78 is 5.49. The Morgan fingerprint density at radius 3 is 2.95 bits per heavy atom. The molecule has 5 heteroatoms. The van der Waals surface area contributed by atoms with E-state index in [2.05, 4.69) is 0 Å². The summed E-state index contributed by atoms with van der Waals surface area (Å²) in [4.78, 5) is 13.7. The molecule has 0 radical (unpaired) electrons. The van der Waals surface area contributed by atoms with E-state index in [4.69, 9.17) is 16.3 Å². The molecule has 0 aromatic heterocycles. The second-order valence-corrected chi connectivity index (χ2v) is 5.78. The number of benzene rings is 1. The van der Waals surface area contributed by atoms with Crippen molar-refractivity contribution in [3.63, 3.8) is 0 Å². The van der Waals surface area contributed by atoms with E-state index in [-0.39, 0.29) is 18.4 Å². The van der Waals surface area contributed by atoms with Crippen LogP contribution in [0.3, 0.4) is 0 Å². The molecule has 1 aromatic rings. The minimum atomic E-state index is -0.439. The van der Waals surface area contributed by atoms with Gasteiger partial charge in [-0.25, -0.2) is 0 Å². The Labute approximate surface area is 124 Å². The van der Waals surface area contributed by atoms with Gasteiger partial charge in [0.15, 0.2) is 6.61 Å². The molecule has 20 heavy (non-hydrogen) atoms. The highest BCUT2D eigenvalue weighted by atomic mass is 35.5. The van der Waals surface area contributed by atoms with Crippen molar-refractivity contribution in [1.29, 1.82) is 0 Å². The third-order valence-electron chi connectivity index (χ3n) is 3.76. The molecule has 0 bridgehead atoms. The molecule has 1 aromatic carbocycles. The monoisotopic (exact) mass is 297 g/mol. The molecular formula is C15H20ClNO3. The van der Waals surface area contributed by atoms with Gasteiger partial charge in [-0.3, -0.25) is 4.79 Å². The van der Waals surface area contributed by atoms with E-state index in [1.807, 2.05) is 19.9 Å². The third-order valence-corrected chi connectivity index (χ3v) is 4.19. The van der Waals surface area contributed by atoms with Crippen LogP contribution in [0, 0.1) is 12.8 Å². The number of carbonyl (C=O) groups excluding carboxylic acids is 1. The molecule has 0 saturated carbocycles. The molecule has 0 aliphatic carbocycles. The normalized spacial score (nSPS) is 22.7. The molecular weight excluding hydrogens is 278 g/mol. The van der Waals surface area contributed by atoms with Gasteiger partial charge in [0.1, 0.15) is 5.75 Å². The molecule has 2 atom stereocenters. The number of nitrogens with zero attached hydrogens (tertiary/aromatic N) is 1. The minimum Gasteiger partial charge on any atom is -0.484 e. The number of piperidine rings is 1. The van der Waals surface area contributed by atoms with Gasteiger partial charge in [-0.2, -0.15) is 0 Å². The summed E-state index contributed by atoms with van der Waals surface area (Å²) in [6.45, 7) is 4.95. The predicted octanol–water partition coefficient (Wildman–Crippen LogP) is 2.26. The molecule has 1 saturated heterocycles. The van der Waals surface area contributed by atoms with Gasteiger partial charge in [-0.05, 0) is 43.0 Å². The number of likely N-dealkylation sites (tertiary alicyclic amines) is 1. The first kappa shape index (κ1) is 15.1. The molecule has 1 heterocycles.